The molecule has 9 aromatic rings. The van der Waals surface area contributed by atoms with Crippen LogP contribution in [0.4, 0.5) is 11.4 Å². The Kier molecular flexibility index (Phi) is 38.3. The molecular formula is C104H141N13O14. The molecule has 8 aliphatic rings. The Balaban J connectivity index is 0.000000144. The van der Waals surface area contributed by atoms with Crippen LogP contribution in [0, 0.1) is 61.8 Å². The molecule has 0 amide bonds. The summed E-state index contributed by atoms with van der Waals surface area (Å²) in [5, 5.41) is 22.8. The summed E-state index contributed by atoms with van der Waals surface area (Å²) in [5.41, 5.74) is 20.0. The van der Waals surface area contributed by atoms with Crippen molar-refractivity contribution in [2.45, 2.75) is 107 Å². The molecule has 8 aliphatic heterocycles. The van der Waals surface area contributed by atoms with Gasteiger partial charge in [-0.3, -0.25) is 64.3 Å². The Morgan fingerprint density at radius 1 is 0.305 bits per heavy atom. The van der Waals surface area contributed by atoms with Gasteiger partial charge in [-0.2, -0.15) is 0 Å². The summed E-state index contributed by atoms with van der Waals surface area (Å²) in [6.07, 6.45) is 0.769. The number of piperazine rings is 5. The van der Waals surface area contributed by atoms with E-state index < -0.39 is 0 Å². The number of nitro benzene ring substituents is 2. The minimum absolute atomic E-state index is 0.0513. The van der Waals surface area contributed by atoms with Crippen LogP contribution in [0.1, 0.15) is 89.0 Å². The molecule has 27 nitrogen and oxygen atoms in total. The van der Waals surface area contributed by atoms with E-state index in [2.05, 4.69) is 225 Å². The first-order chi connectivity index (χ1) is 63.5. The van der Waals surface area contributed by atoms with Crippen LogP contribution in [0.15, 0.2) is 164 Å². The average molecular weight is 1800 g/mol. The van der Waals surface area contributed by atoms with Crippen LogP contribution in [-0.4, -0.2) is 291 Å². The second-order valence-corrected chi connectivity index (χ2v) is 35.4. The van der Waals surface area contributed by atoms with E-state index in [9.17, 15) is 20.2 Å². The summed E-state index contributed by atoms with van der Waals surface area (Å²) in [6, 6.07) is 55.8. The fourth-order valence-corrected chi connectivity index (χ4v) is 17.8. The standard InChI is InChI=1S/C21H25N3O6.2C20H26N2O.C15H24N2O.C14H19N3O3.C14H21NO2/c1-27-19-10-16(17(24(25)26)11-20(19)28-2)13-23-7-5-22(6-8-23)12-15-3-4-18-21(9-15)30-14-29-18;1-17-4-3-5-19(14-17)16-22-12-10-21(11-13-22)15-18-6-8-20(23-2)9-7-18;1-17-14-19(8-9-20(17)23-2)16-22-12-10-21(11-13-22)15-18-6-4-3-5-7-18;1-12-13(2)15(18-4)6-5-14(12)11-17-9-7-16(3)8-10-17;1-15-3-5-16(6-4-15)10-12-9-14-11(2-7-20-14)8-13(12)17(18)19;1-11-12(2)14(16-3)5-4-13(11)10-15-6-8-17-9-7-15/h3-4,9-11H,5-8,12-14H2,1-2H3;2*3-9,14H,10-13,15-16H2,1-2H3;5-6H,7-11H2,1-4H3;8-9H,2-7,10H2,1H3;4-5H,6-10H2,1-3H3. The second-order valence-electron chi connectivity index (χ2n) is 35.4. The fraction of sp³-hybridized carbons (Fsp3) is 0.481. The van der Waals surface area contributed by atoms with Crippen molar-refractivity contribution in [1.29, 1.82) is 0 Å². The van der Waals surface area contributed by atoms with Gasteiger partial charge in [0.2, 0.25) is 6.79 Å². The van der Waals surface area contributed by atoms with Crippen LogP contribution in [0.3, 0.4) is 0 Å². The lowest BCUT2D eigenvalue weighted by Gasteiger charge is -2.34. The van der Waals surface area contributed by atoms with Crippen molar-refractivity contribution >= 4 is 11.4 Å². The van der Waals surface area contributed by atoms with Crippen molar-refractivity contribution in [2.75, 3.05) is 227 Å². The number of hydrogen-bond acceptors (Lipinski definition) is 25. The molecule has 0 N–H and O–H groups in total. The molecule has 6 saturated heterocycles. The SMILES string of the molecule is CN1CCN(Cc2cc3c(cc2[N+](=O)[O-])CCO3)CC1.COc1cc(CN2CCN(Cc3ccc4c(c3)OCO4)CC2)c([N+](=O)[O-])cc1OC.COc1ccc(CN2CCN(C)CC2)c(C)c1C.COc1ccc(CN2CCN(Cc3cccc(C)c3)CC2)cc1.COc1ccc(CN2CCN(Cc3ccccc3)CC2)cc1C.COc1ccc(CN2CCOCC2)c(C)c1C. The number of ether oxygens (including phenoxy) is 10. The predicted molar refractivity (Wildman–Crippen MR) is 518 cm³/mol. The van der Waals surface area contributed by atoms with Gasteiger partial charge in [0.15, 0.2) is 23.0 Å². The van der Waals surface area contributed by atoms with E-state index in [1.165, 1.54) is 119 Å². The third-order valence-electron chi connectivity index (χ3n) is 26.3. The largest absolute Gasteiger partial charge is 0.497 e. The van der Waals surface area contributed by atoms with Gasteiger partial charge in [0.1, 0.15) is 28.7 Å². The molecule has 0 unspecified atom stereocenters. The number of rotatable bonds is 26. The van der Waals surface area contributed by atoms with Crippen molar-refractivity contribution in [2.24, 2.45) is 0 Å². The molecule has 0 aliphatic carbocycles. The number of fused-ring (bicyclic) bond motifs is 2. The van der Waals surface area contributed by atoms with Crippen LogP contribution in [0.5, 0.6) is 51.7 Å². The van der Waals surface area contributed by atoms with Gasteiger partial charge in [0.05, 0.1) is 78.4 Å². The fourth-order valence-electron chi connectivity index (χ4n) is 17.8. The minimum atomic E-state index is -0.368. The minimum Gasteiger partial charge on any atom is -0.497 e. The lowest BCUT2D eigenvalue weighted by Crippen LogP contribution is -2.45. The Morgan fingerprint density at radius 3 is 1.17 bits per heavy atom. The summed E-state index contributed by atoms with van der Waals surface area (Å²) in [6.45, 7) is 47.0. The van der Waals surface area contributed by atoms with Crippen LogP contribution in [0.2, 0.25) is 0 Å². The van der Waals surface area contributed by atoms with E-state index >= 15 is 0 Å². The van der Waals surface area contributed by atoms with E-state index in [4.69, 9.17) is 47.4 Å². The Labute approximate surface area is 777 Å². The van der Waals surface area contributed by atoms with Gasteiger partial charge in [0.25, 0.3) is 11.4 Å². The van der Waals surface area contributed by atoms with Crippen LogP contribution < -0.4 is 42.6 Å². The highest BCUT2D eigenvalue weighted by Crippen LogP contribution is 2.38. The topological polar surface area (TPSA) is 214 Å². The lowest BCUT2D eigenvalue weighted by atomic mass is 10.0. The number of benzene rings is 9. The molecule has 0 aromatic heterocycles. The zero-order chi connectivity index (χ0) is 92.7. The van der Waals surface area contributed by atoms with Crippen LogP contribution >= 0.6 is 0 Å². The smallest absolute Gasteiger partial charge is 0.277 e. The van der Waals surface area contributed by atoms with E-state index in [-0.39, 0.29) is 28.0 Å². The molecule has 131 heavy (non-hydrogen) atoms. The zero-order valence-corrected chi connectivity index (χ0v) is 80.1. The van der Waals surface area contributed by atoms with Gasteiger partial charge >= 0.3 is 0 Å². The van der Waals surface area contributed by atoms with Crippen molar-refractivity contribution < 1.29 is 57.2 Å². The maximum Gasteiger partial charge on any atom is 0.277 e. The molecule has 0 saturated carbocycles. The summed E-state index contributed by atoms with van der Waals surface area (Å²) in [7, 11) is 14.2. The van der Waals surface area contributed by atoms with Gasteiger partial charge in [-0.25, -0.2) is 0 Å². The van der Waals surface area contributed by atoms with E-state index in [0.717, 1.165) is 235 Å². The predicted octanol–water partition coefficient (Wildman–Crippen LogP) is 14.8. The molecule has 0 radical (unpaired) electrons. The summed E-state index contributed by atoms with van der Waals surface area (Å²) in [4.78, 5) is 48.8. The average Bonchev–Trinajstić information content (AvgIpc) is 1.79. The number of hydrogen-bond donors (Lipinski definition) is 0. The highest BCUT2D eigenvalue weighted by molar-refractivity contribution is 5.55. The van der Waals surface area contributed by atoms with Crippen molar-refractivity contribution in [1.82, 2.24) is 53.9 Å². The molecule has 706 valence electrons. The number of methoxy groups -OCH3 is 6. The first-order valence-electron chi connectivity index (χ1n) is 46.3. The third-order valence-corrected chi connectivity index (χ3v) is 26.3. The number of aryl methyl sites for hydroxylation is 2. The van der Waals surface area contributed by atoms with Crippen molar-refractivity contribution in [3.8, 4) is 51.7 Å². The molecular weight excluding hydrogens is 1660 g/mol. The normalized spacial score (nSPS) is 17.2. The Bertz CT molecular complexity index is 5080. The molecule has 8 heterocycles. The number of morpholine rings is 1. The first-order valence-corrected chi connectivity index (χ1v) is 46.3. The molecule has 17 rings (SSSR count). The summed E-state index contributed by atoms with van der Waals surface area (Å²) >= 11 is 0. The van der Waals surface area contributed by atoms with Crippen LogP contribution in [-0.2, 0) is 70.1 Å². The third kappa shape index (κ3) is 29.7. The molecule has 0 atom stereocenters. The summed E-state index contributed by atoms with van der Waals surface area (Å²) < 4.78 is 53.5. The first kappa shape index (κ1) is 99.5. The van der Waals surface area contributed by atoms with E-state index in [0.29, 0.717) is 36.8 Å². The molecule has 27 heteroatoms. The quantitative estimate of drug-likeness (QED) is 0.0364. The highest BCUT2D eigenvalue weighted by Gasteiger charge is 2.29. The maximum absolute atomic E-state index is 11.5. The van der Waals surface area contributed by atoms with Gasteiger partial charge < -0.3 is 57.2 Å². The molecule has 9 aromatic carbocycles. The van der Waals surface area contributed by atoms with Crippen molar-refractivity contribution in [3.05, 3.63) is 273 Å². The number of nitro groups is 2. The number of likely N-dealkylation sites (N-methyl/N-ethyl adjacent to an activating group) is 2. The Morgan fingerprint density at radius 2 is 0.695 bits per heavy atom. The lowest BCUT2D eigenvalue weighted by molar-refractivity contribution is -0.386. The summed E-state index contributed by atoms with van der Waals surface area (Å²) in [5.74, 6) is 7.15. The zero-order valence-electron chi connectivity index (χ0n) is 80.1. The van der Waals surface area contributed by atoms with Gasteiger partial charge in [-0.05, 0) is 177 Å². The maximum atomic E-state index is 11.5. The Hall–Kier alpha value is -10.5. The van der Waals surface area contributed by atoms with Crippen LogP contribution in [0.25, 0.3) is 0 Å². The monoisotopic (exact) mass is 1800 g/mol. The van der Waals surface area contributed by atoms with E-state index in [1.807, 2.05) is 30.3 Å². The van der Waals surface area contributed by atoms with E-state index in [1.54, 1.807) is 40.6 Å². The molecule has 0 bridgehead atoms. The molecule has 0 spiro atoms. The second kappa shape index (κ2) is 50.4. The van der Waals surface area contributed by atoms with Gasteiger partial charge in [-0.15, -0.1) is 0 Å². The van der Waals surface area contributed by atoms with Gasteiger partial charge in [0, 0.05) is 232 Å². The number of nitrogens with zero attached hydrogens (tertiary/aromatic N) is 13. The molecule has 6 fully saturated rings. The highest BCUT2D eigenvalue weighted by atomic mass is 16.7. The van der Waals surface area contributed by atoms with Crippen molar-refractivity contribution in [3.63, 3.8) is 0 Å². The van der Waals surface area contributed by atoms with Gasteiger partial charge in [-0.1, -0.05) is 103 Å².